The lowest BCUT2D eigenvalue weighted by Gasteiger charge is -1.94. The Morgan fingerprint density at radius 1 is 0.941 bits per heavy atom. The number of H-pyrrole nitrogens is 2. The topological polar surface area (TPSA) is 66.6 Å². The maximum absolute atomic E-state index is 5.39. The Morgan fingerprint density at radius 3 is 1.88 bits per heavy atom. The van der Waals surface area contributed by atoms with Crippen LogP contribution >= 0.6 is 0 Å². The summed E-state index contributed by atoms with van der Waals surface area (Å²) in [5.41, 5.74) is 1.95. The van der Waals surface area contributed by atoms with Gasteiger partial charge in [-0.2, -0.15) is 0 Å². The molecule has 0 saturated heterocycles. The Labute approximate surface area is 99.3 Å². The number of aromatic amines is 2. The van der Waals surface area contributed by atoms with Crippen molar-refractivity contribution >= 4 is 12.2 Å². The zero-order valence-corrected chi connectivity index (χ0v) is 9.34. The van der Waals surface area contributed by atoms with Gasteiger partial charge in [0.1, 0.15) is 0 Å². The van der Waals surface area contributed by atoms with Crippen molar-refractivity contribution in [1.29, 1.82) is 0 Å². The first-order chi connectivity index (χ1) is 8.45. The molecule has 0 aliphatic rings. The second kappa shape index (κ2) is 6.44. The number of nitrogens with zero attached hydrogens (tertiary/aromatic N) is 2. The molecule has 0 unspecified atom stereocenters. The Hall–Kier alpha value is -2.14. The molecule has 88 valence electrons. The first kappa shape index (κ1) is 11.3. The summed E-state index contributed by atoms with van der Waals surface area (Å²) in [5.74, 6) is 0. The summed E-state index contributed by atoms with van der Waals surface area (Å²) in [6.07, 6.45) is 14.6. The monoisotopic (exact) mass is 230 g/mol. The van der Waals surface area contributed by atoms with Crippen LogP contribution in [0.15, 0.2) is 37.2 Å². The molecule has 0 atom stereocenters. The van der Waals surface area contributed by atoms with E-state index in [0.29, 0.717) is 13.2 Å². The highest BCUT2D eigenvalue weighted by molar-refractivity contribution is 5.43. The Bertz CT molecular complexity index is 412. The molecule has 0 aliphatic heterocycles. The summed E-state index contributed by atoms with van der Waals surface area (Å²) in [6, 6.07) is 0. The van der Waals surface area contributed by atoms with Gasteiger partial charge in [0, 0.05) is 0 Å². The minimum Gasteiger partial charge on any atom is -0.373 e. The van der Waals surface area contributed by atoms with Gasteiger partial charge in [0.05, 0.1) is 49.6 Å². The molecule has 17 heavy (non-hydrogen) atoms. The lowest BCUT2D eigenvalue weighted by molar-refractivity contribution is 0.195. The van der Waals surface area contributed by atoms with E-state index in [4.69, 9.17) is 4.74 Å². The summed E-state index contributed by atoms with van der Waals surface area (Å²) >= 11 is 0. The number of hydrogen-bond acceptors (Lipinski definition) is 3. The van der Waals surface area contributed by atoms with Crippen LogP contribution in [0, 0.1) is 0 Å². The van der Waals surface area contributed by atoms with E-state index in [0.717, 1.165) is 11.4 Å². The SMILES string of the molecule is C(=Cc1cnc[nH]1)COCC=Cc1cnc[nH]1. The van der Waals surface area contributed by atoms with Gasteiger partial charge in [-0.15, -0.1) is 0 Å². The largest absolute Gasteiger partial charge is 0.373 e. The third-order valence-corrected chi connectivity index (χ3v) is 2.06. The molecule has 0 amide bonds. The van der Waals surface area contributed by atoms with E-state index in [-0.39, 0.29) is 0 Å². The normalized spacial score (nSPS) is 11.8. The first-order valence-corrected chi connectivity index (χ1v) is 5.33. The Kier molecular flexibility index (Phi) is 4.30. The van der Waals surface area contributed by atoms with E-state index in [1.165, 1.54) is 0 Å². The average molecular weight is 230 g/mol. The number of nitrogens with one attached hydrogen (secondary N) is 2. The maximum atomic E-state index is 5.39. The van der Waals surface area contributed by atoms with Crippen LogP contribution in [0.1, 0.15) is 11.4 Å². The fraction of sp³-hybridized carbons (Fsp3) is 0.167. The molecule has 2 rings (SSSR count). The van der Waals surface area contributed by atoms with Gasteiger partial charge < -0.3 is 14.7 Å². The number of hydrogen-bond donors (Lipinski definition) is 2. The summed E-state index contributed by atoms with van der Waals surface area (Å²) in [7, 11) is 0. The molecule has 2 heterocycles. The molecule has 2 aromatic rings. The highest BCUT2D eigenvalue weighted by Gasteiger charge is 1.86. The Balaban J connectivity index is 1.61. The van der Waals surface area contributed by atoms with Crippen molar-refractivity contribution in [2.45, 2.75) is 0 Å². The van der Waals surface area contributed by atoms with Crippen LogP contribution in [-0.2, 0) is 4.74 Å². The highest BCUT2D eigenvalue weighted by atomic mass is 16.5. The minimum absolute atomic E-state index is 0.576. The molecule has 2 N–H and O–H groups in total. The summed E-state index contributed by atoms with van der Waals surface area (Å²) in [5, 5.41) is 0. The maximum Gasteiger partial charge on any atom is 0.0924 e. The van der Waals surface area contributed by atoms with Crippen molar-refractivity contribution in [3.05, 3.63) is 48.6 Å². The third kappa shape index (κ3) is 4.08. The quantitative estimate of drug-likeness (QED) is 0.744. The number of rotatable bonds is 6. The number of imidazole rings is 2. The molecule has 0 bridgehead atoms. The van der Waals surface area contributed by atoms with Gasteiger partial charge in [-0.1, -0.05) is 12.2 Å². The standard InChI is InChI=1S/C12H14N4O/c1(3-11-7-13-9-15-11)5-17-6-2-4-12-8-14-10-16-12/h1-4,7-10H,5-6H2,(H,13,15)(H,14,16). The van der Waals surface area contributed by atoms with E-state index in [9.17, 15) is 0 Å². The molecular formula is C12H14N4O. The van der Waals surface area contributed by atoms with Gasteiger partial charge in [-0.25, -0.2) is 9.97 Å². The van der Waals surface area contributed by atoms with Crippen LogP contribution in [0.4, 0.5) is 0 Å². The predicted molar refractivity (Wildman–Crippen MR) is 66.1 cm³/mol. The summed E-state index contributed by atoms with van der Waals surface area (Å²) in [6.45, 7) is 1.15. The zero-order chi connectivity index (χ0) is 11.8. The second-order valence-electron chi connectivity index (χ2n) is 3.36. The van der Waals surface area contributed by atoms with Crippen molar-refractivity contribution in [1.82, 2.24) is 19.9 Å². The van der Waals surface area contributed by atoms with Gasteiger partial charge in [-0.05, 0) is 12.2 Å². The molecule has 5 nitrogen and oxygen atoms in total. The van der Waals surface area contributed by atoms with Crippen LogP contribution in [0.2, 0.25) is 0 Å². The average Bonchev–Trinajstić information content (AvgIpc) is 3.00. The number of ether oxygens (including phenoxy) is 1. The summed E-state index contributed by atoms with van der Waals surface area (Å²) in [4.78, 5) is 13.8. The predicted octanol–water partition coefficient (Wildman–Crippen LogP) is 1.88. The van der Waals surface area contributed by atoms with Crippen LogP contribution in [0.25, 0.3) is 12.2 Å². The second-order valence-corrected chi connectivity index (χ2v) is 3.36. The van der Waals surface area contributed by atoms with Crippen molar-refractivity contribution in [2.75, 3.05) is 13.2 Å². The van der Waals surface area contributed by atoms with E-state index in [1.807, 2.05) is 24.3 Å². The molecule has 0 radical (unpaired) electrons. The van der Waals surface area contributed by atoms with E-state index in [1.54, 1.807) is 25.0 Å². The lowest BCUT2D eigenvalue weighted by Crippen LogP contribution is -1.90. The van der Waals surface area contributed by atoms with Crippen molar-refractivity contribution < 1.29 is 4.74 Å². The summed E-state index contributed by atoms with van der Waals surface area (Å²) < 4.78 is 5.39. The van der Waals surface area contributed by atoms with E-state index in [2.05, 4.69) is 19.9 Å². The van der Waals surface area contributed by atoms with Crippen molar-refractivity contribution in [2.24, 2.45) is 0 Å². The van der Waals surface area contributed by atoms with E-state index < -0.39 is 0 Å². The highest BCUT2D eigenvalue weighted by Crippen LogP contribution is 1.95. The van der Waals surface area contributed by atoms with Crippen LogP contribution in [0.3, 0.4) is 0 Å². The molecule has 5 heteroatoms. The number of aromatic nitrogens is 4. The minimum atomic E-state index is 0.576. The fourth-order valence-corrected chi connectivity index (χ4v) is 1.27. The van der Waals surface area contributed by atoms with Crippen LogP contribution < -0.4 is 0 Å². The lowest BCUT2D eigenvalue weighted by atomic mass is 10.4. The van der Waals surface area contributed by atoms with Crippen molar-refractivity contribution in [3.63, 3.8) is 0 Å². The molecule has 0 aromatic carbocycles. The smallest absolute Gasteiger partial charge is 0.0924 e. The fourth-order valence-electron chi connectivity index (χ4n) is 1.27. The van der Waals surface area contributed by atoms with Crippen LogP contribution in [0.5, 0.6) is 0 Å². The molecule has 2 aromatic heterocycles. The van der Waals surface area contributed by atoms with Crippen molar-refractivity contribution in [3.8, 4) is 0 Å². The Morgan fingerprint density at radius 2 is 1.47 bits per heavy atom. The molecule has 0 aliphatic carbocycles. The van der Waals surface area contributed by atoms with Crippen LogP contribution in [-0.4, -0.2) is 33.1 Å². The molecule has 0 fully saturated rings. The van der Waals surface area contributed by atoms with Gasteiger partial charge in [0.15, 0.2) is 0 Å². The molecule has 0 saturated carbocycles. The molecular weight excluding hydrogens is 216 g/mol. The van der Waals surface area contributed by atoms with Gasteiger partial charge >= 0.3 is 0 Å². The first-order valence-electron chi connectivity index (χ1n) is 5.33. The third-order valence-electron chi connectivity index (χ3n) is 2.06. The van der Waals surface area contributed by atoms with E-state index >= 15 is 0 Å². The molecule has 0 spiro atoms. The van der Waals surface area contributed by atoms with Gasteiger partial charge in [-0.3, -0.25) is 0 Å². The zero-order valence-electron chi connectivity index (χ0n) is 9.34. The van der Waals surface area contributed by atoms with Gasteiger partial charge in [0.2, 0.25) is 0 Å². The van der Waals surface area contributed by atoms with Gasteiger partial charge in [0.25, 0.3) is 0 Å².